The predicted molar refractivity (Wildman–Crippen MR) is 94.6 cm³/mol. The van der Waals surface area contributed by atoms with Crippen LogP contribution in [0, 0.1) is 5.92 Å². The lowest BCUT2D eigenvalue weighted by atomic mass is 9.82. The van der Waals surface area contributed by atoms with E-state index in [-0.39, 0.29) is 23.1 Å². The van der Waals surface area contributed by atoms with Crippen molar-refractivity contribution < 1.29 is 19.4 Å². The molecule has 1 fully saturated rings. The van der Waals surface area contributed by atoms with Crippen LogP contribution in [0.1, 0.15) is 64.5 Å². The Morgan fingerprint density at radius 3 is 2.12 bits per heavy atom. The molecule has 0 heterocycles. The van der Waals surface area contributed by atoms with E-state index in [9.17, 15) is 14.7 Å². The van der Waals surface area contributed by atoms with Crippen molar-refractivity contribution in [3.8, 4) is 0 Å². The van der Waals surface area contributed by atoms with Crippen LogP contribution in [0.2, 0.25) is 0 Å². The van der Waals surface area contributed by atoms with E-state index in [0.29, 0.717) is 0 Å². The topological polar surface area (TPSA) is 63.6 Å². The number of carbonyl (C=O) groups excluding carboxylic acids is 1. The number of aromatic carboxylic acids is 1. The molecular formula is C21H22O4. The minimum atomic E-state index is -1.12. The molecule has 0 radical (unpaired) electrons. The Morgan fingerprint density at radius 2 is 1.48 bits per heavy atom. The summed E-state index contributed by atoms with van der Waals surface area (Å²) in [6, 6.07) is 15.9. The molecular weight excluding hydrogens is 316 g/mol. The second-order valence-corrected chi connectivity index (χ2v) is 6.49. The van der Waals surface area contributed by atoms with Crippen molar-refractivity contribution >= 4 is 11.9 Å². The molecule has 1 saturated carbocycles. The third-order valence-corrected chi connectivity index (χ3v) is 4.82. The van der Waals surface area contributed by atoms with Crippen LogP contribution in [-0.4, -0.2) is 17.0 Å². The lowest BCUT2D eigenvalue weighted by Gasteiger charge is -2.30. The van der Waals surface area contributed by atoms with Crippen molar-refractivity contribution in [2.75, 3.05) is 0 Å². The molecule has 1 atom stereocenters. The summed E-state index contributed by atoms with van der Waals surface area (Å²) in [5.74, 6) is -1.42. The summed E-state index contributed by atoms with van der Waals surface area (Å²) in [5, 5.41) is 9.31. The van der Waals surface area contributed by atoms with Crippen molar-refractivity contribution in [1.82, 2.24) is 0 Å². The molecule has 2 aromatic carbocycles. The fourth-order valence-corrected chi connectivity index (χ4v) is 3.54. The van der Waals surface area contributed by atoms with Gasteiger partial charge in [-0.1, -0.05) is 61.7 Å². The van der Waals surface area contributed by atoms with E-state index in [1.165, 1.54) is 18.6 Å². The highest BCUT2D eigenvalue weighted by atomic mass is 16.5. The van der Waals surface area contributed by atoms with Crippen LogP contribution in [-0.2, 0) is 4.74 Å². The first-order valence-corrected chi connectivity index (χ1v) is 8.75. The molecule has 0 aromatic heterocycles. The van der Waals surface area contributed by atoms with E-state index in [1.54, 1.807) is 12.1 Å². The second kappa shape index (κ2) is 7.97. The number of rotatable bonds is 5. The van der Waals surface area contributed by atoms with Gasteiger partial charge in [0.2, 0.25) is 0 Å². The van der Waals surface area contributed by atoms with Crippen molar-refractivity contribution in [3.05, 3.63) is 71.3 Å². The lowest BCUT2D eigenvalue weighted by Crippen LogP contribution is -2.23. The smallest absolute Gasteiger partial charge is 0.339 e. The highest BCUT2D eigenvalue weighted by Gasteiger charge is 2.29. The molecule has 25 heavy (non-hydrogen) atoms. The number of esters is 1. The van der Waals surface area contributed by atoms with Crippen LogP contribution in [0.3, 0.4) is 0 Å². The monoisotopic (exact) mass is 338 g/mol. The molecule has 0 unspecified atom stereocenters. The fourth-order valence-electron chi connectivity index (χ4n) is 3.54. The highest BCUT2D eigenvalue weighted by Crippen LogP contribution is 2.37. The second-order valence-electron chi connectivity index (χ2n) is 6.49. The van der Waals surface area contributed by atoms with Gasteiger partial charge >= 0.3 is 11.9 Å². The van der Waals surface area contributed by atoms with Gasteiger partial charge in [-0.05, 0) is 30.5 Å². The number of carboxylic acids is 1. The molecule has 0 spiro atoms. The fraction of sp³-hybridized carbons (Fsp3) is 0.333. The summed E-state index contributed by atoms with van der Waals surface area (Å²) in [4.78, 5) is 24.1. The van der Waals surface area contributed by atoms with E-state index < -0.39 is 11.9 Å². The zero-order valence-corrected chi connectivity index (χ0v) is 14.1. The SMILES string of the molecule is O=C(O)c1ccccc1C(=O)O[C@@H](c1ccccc1)C1CCCCC1. The molecule has 3 rings (SSSR count). The number of carboxylic acid groups (broad SMARTS) is 1. The molecule has 0 amide bonds. The zero-order valence-electron chi connectivity index (χ0n) is 14.1. The van der Waals surface area contributed by atoms with Crippen molar-refractivity contribution in [2.45, 2.75) is 38.2 Å². The van der Waals surface area contributed by atoms with Gasteiger partial charge in [0.15, 0.2) is 0 Å². The summed E-state index contributed by atoms with van der Waals surface area (Å²) in [6.45, 7) is 0. The lowest BCUT2D eigenvalue weighted by molar-refractivity contribution is 0.00638. The maximum Gasteiger partial charge on any atom is 0.339 e. The predicted octanol–water partition coefficient (Wildman–Crippen LogP) is 4.86. The molecule has 4 heteroatoms. The number of hydrogen-bond donors (Lipinski definition) is 1. The van der Waals surface area contributed by atoms with E-state index >= 15 is 0 Å². The van der Waals surface area contributed by atoms with Crippen LogP contribution in [0.25, 0.3) is 0 Å². The van der Waals surface area contributed by atoms with Gasteiger partial charge < -0.3 is 9.84 Å². The summed E-state index contributed by atoms with van der Waals surface area (Å²) in [5.41, 5.74) is 1.05. The third kappa shape index (κ3) is 4.08. The summed E-state index contributed by atoms with van der Waals surface area (Å²) >= 11 is 0. The molecule has 4 nitrogen and oxygen atoms in total. The summed E-state index contributed by atoms with van der Waals surface area (Å²) < 4.78 is 5.85. The molecule has 0 aliphatic heterocycles. The normalized spacial score (nSPS) is 16.2. The third-order valence-electron chi connectivity index (χ3n) is 4.82. The molecule has 130 valence electrons. The van der Waals surface area contributed by atoms with E-state index in [1.807, 2.05) is 30.3 Å². The van der Waals surface area contributed by atoms with E-state index in [0.717, 1.165) is 31.2 Å². The van der Waals surface area contributed by atoms with Crippen LogP contribution in [0.5, 0.6) is 0 Å². The van der Waals surface area contributed by atoms with Crippen LogP contribution >= 0.6 is 0 Å². The van der Waals surface area contributed by atoms with Crippen LogP contribution < -0.4 is 0 Å². The molecule has 1 N–H and O–H groups in total. The Balaban J connectivity index is 1.87. The average molecular weight is 338 g/mol. The van der Waals surface area contributed by atoms with Gasteiger partial charge in [0.1, 0.15) is 6.10 Å². The van der Waals surface area contributed by atoms with Gasteiger partial charge in [0.05, 0.1) is 11.1 Å². The highest BCUT2D eigenvalue weighted by molar-refractivity contribution is 6.02. The van der Waals surface area contributed by atoms with Gasteiger partial charge in [-0.15, -0.1) is 0 Å². The van der Waals surface area contributed by atoms with Crippen molar-refractivity contribution in [2.24, 2.45) is 5.92 Å². The number of ether oxygens (including phenoxy) is 1. The van der Waals surface area contributed by atoms with E-state index in [2.05, 4.69) is 0 Å². The Morgan fingerprint density at radius 1 is 0.880 bits per heavy atom. The number of benzene rings is 2. The average Bonchev–Trinajstić information content (AvgIpc) is 2.67. The van der Waals surface area contributed by atoms with Gasteiger partial charge in [0, 0.05) is 5.92 Å². The van der Waals surface area contributed by atoms with Crippen molar-refractivity contribution in [1.29, 1.82) is 0 Å². The quantitative estimate of drug-likeness (QED) is 0.791. The first-order chi connectivity index (χ1) is 12.2. The molecule has 0 saturated heterocycles. The largest absolute Gasteiger partial charge is 0.478 e. The Bertz CT molecular complexity index is 733. The van der Waals surface area contributed by atoms with Crippen LogP contribution in [0.15, 0.2) is 54.6 Å². The van der Waals surface area contributed by atoms with Gasteiger partial charge in [-0.25, -0.2) is 9.59 Å². The van der Waals surface area contributed by atoms with Crippen molar-refractivity contribution in [3.63, 3.8) is 0 Å². The van der Waals surface area contributed by atoms with Crippen LogP contribution in [0.4, 0.5) is 0 Å². The minimum Gasteiger partial charge on any atom is -0.478 e. The maximum atomic E-state index is 12.7. The molecule has 1 aliphatic rings. The Kier molecular flexibility index (Phi) is 5.49. The Hall–Kier alpha value is -2.62. The van der Waals surface area contributed by atoms with E-state index in [4.69, 9.17) is 4.74 Å². The number of carbonyl (C=O) groups is 2. The van der Waals surface area contributed by atoms with Gasteiger partial charge in [-0.3, -0.25) is 0 Å². The molecule has 1 aliphatic carbocycles. The molecule has 2 aromatic rings. The summed E-state index contributed by atoms with van der Waals surface area (Å²) in [6.07, 6.45) is 5.19. The maximum absolute atomic E-state index is 12.7. The minimum absolute atomic E-state index is 0.0250. The van der Waals surface area contributed by atoms with Gasteiger partial charge in [0.25, 0.3) is 0 Å². The first kappa shape index (κ1) is 17.2. The van der Waals surface area contributed by atoms with Gasteiger partial charge in [-0.2, -0.15) is 0 Å². The number of hydrogen-bond acceptors (Lipinski definition) is 3. The first-order valence-electron chi connectivity index (χ1n) is 8.75. The Labute approximate surface area is 147 Å². The molecule has 0 bridgehead atoms. The standard InChI is InChI=1S/C21H22O4/c22-20(23)17-13-7-8-14-18(17)21(24)25-19(15-9-3-1-4-10-15)16-11-5-2-6-12-16/h1,3-4,7-10,13-14,16,19H,2,5-6,11-12H2,(H,22,23)/t19-/m0/s1. The zero-order chi connectivity index (χ0) is 17.6. The summed E-state index contributed by atoms with van der Waals surface area (Å²) in [7, 11) is 0.